The van der Waals surface area contributed by atoms with Crippen molar-refractivity contribution in [1.29, 1.82) is 0 Å². The van der Waals surface area contributed by atoms with Crippen LogP contribution >= 0.6 is 11.8 Å². The molecule has 1 aromatic heterocycles. The summed E-state index contributed by atoms with van der Waals surface area (Å²) in [7, 11) is 1.33. The van der Waals surface area contributed by atoms with Gasteiger partial charge in [0.15, 0.2) is 0 Å². The Kier molecular flexibility index (Phi) is 7.12. The molecule has 2 heterocycles. The van der Waals surface area contributed by atoms with Gasteiger partial charge in [0.1, 0.15) is 6.54 Å². The first-order valence-electron chi connectivity index (χ1n) is 11.2. The highest BCUT2D eigenvalue weighted by Crippen LogP contribution is 2.34. The highest BCUT2D eigenvalue weighted by Gasteiger charge is 2.36. The minimum atomic E-state index is -0.524. The Bertz CT molecular complexity index is 1410. The van der Waals surface area contributed by atoms with Gasteiger partial charge in [0.25, 0.3) is 11.1 Å². The quantitative estimate of drug-likeness (QED) is 0.381. The average Bonchev–Trinajstić information content (AvgIpc) is 3.28. The fourth-order valence-corrected chi connectivity index (χ4v) is 4.84. The smallest absolute Gasteiger partial charge is 0.339 e. The van der Waals surface area contributed by atoms with Crippen molar-refractivity contribution >= 4 is 46.5 Å². The van der Waals surface area contributed by atoms with Crippen LogP contribution in [0.4, 0.5) is 10.5 Å². The number of nitrogens with zero attached hydrogens (tertiary/aromatic N) is 2. The zero-order valence-electron chi connectivity index (χ0n) is 20.3. The highest BCUT2D eigenvalue weighted by molar-refractivity contribution is 8.18. The maximum absolute atomic E-state index is 13.0. The summed E-state index contributed by atoms with van der Waals surface area (Å²) in [5, 5.41) is 2.20. The fourth-order valence-electron chi connectivity index (χ4n) is 4.01. The molecule has 9 heteroatoms. The maximum Gasteiger partial charge on any atom is 0.339 e. The second-order valence-electron chi connectivity index (χ2n) is 8.35. The molecule has 2 aromatic carbocycles. The molecule has 0 unspecified atom stereocenters. The van der Waals surface area contributed by atoms with Gasteiger partial charge in [-0.25, -0.2) is 4.79 Å². The van der Waals surface area contributed by atoms with Crippen molar-refractivity contribution in [3.63, 3.8) is 0 Å². The van der Waals surface area contributed by atoms with E-state index in [2.05, 4.69) is 5.32 Å². The molecule has 8 nitrogen and oxygen atoms in total. The first-order valence-corrected chi connectivity index (χ1v) is 12.0. The Morgan fingerprint density at radius 2 is 1.72 bits per heavy atom. The van der Waals surface area contributed by atoms with Crippen molar-refractivity contribution in [2.45, 2.75) is 20.8 Å². The minimum Gasteiger partial charge on any atom is -0.465 e. The third-order valence-electron chi connectivity index (χ3n) is 5.82. The number of rotatable bonds is 6. The molecule has 36 heavy (non-hydrogen) atoms. The monoisotopic (exact) mass is 503 g/mol. The van der Waals surface area contributed by atoms with Crippen LogP contribution in [0.3, 0.4) is 0 Å². The summed E-state index contributed by atoms with van der Waals surface area (Å²) in [6.45, 7) is 5.32. The third kappa shape index (κ3) is 4.96. The van der Waals surface area contributed by atoms with E-state index in [1.807, 2.05) is 55.7 Å². The normalized spacial score (nSPS) is 14.4. The Hall–Kier alpha value is -4.11. The van der Waals surface area contributed by atoms with Crippen LogP contribution in [0.2, 0.25) is 0 Å². The second-order valence-corrected chi connectivity index (χ2v) is 9.35. The molecule has 1 N–H and O–H groups in total. The van der Waals surface area contributed by atoms with Gasteiger partial charge in [-0.3, -0.25) is 19.3 Å². The van der Waals surface area contributed by atoms with Crippen molar-refractivity contribution in [1.82, 2.24) is 9.47 Å². The maximum atomic E-state index is 13.0. The summed E-state index contributed by atoms with van der Waals surface area (Å²) in [6.07, 6.45) is 1.64. The summed E-state index contributed by atoms with van der Waals surface area (Å²) in [6, 6.07) is 16.2. The summed E-state index contributed by atoms with van der Waals surface area (Å²) in [5.41, 5.74) is 5.06. The van der Waals surface area contributed by atoms with Crippen LogP contribution in [0.25, 0.3) is 11.8 Å². The van der Waals surface area contributed by atoms with Gasteiger partial charge in [0.2, 0.25) is 5.91 Å². The molecule has 1 fully saturated rings. The second kappa shape index (κ2) is 10.2. The van der Waals surface area contributed by atoms with Gasteiger partial charge in [-0.15, -0.1) is 0 Å². The van der Waals surface area contributed by atoms with Gasteiger partial charge in [0.05, 0.1) is 23.3 Å². The molecule has 0 radical (unpaired) electrons. The molecular formula is C27H25N3O5S. The number of imide groups is 1. The van der Waals surface area contributed by atoms with Crippen LogP contribution in [-0.2, 0) is 14.3 Å². The molecule has 0 atom stereocenters. The number of amides is 3. The Morgan fingerprint density at radius 1 is 1.03 bits per heavy atom. The van der Waals surface area contributed by atoms with Crippen LogP contribution in [0, 0.1) is 20.8 Å². The number of anilines is 1. The highest BCUT2D eigenvalue weighted by atomic mass is 32.2. The van der Waals surface area contributed by atoms with Crippen LogP contribution in [0.15, 0.2) is 59.5 Å². The van der Waals surface area contributed by atoms with E-state index in [4.69, 9.17) is 4.74 Å². The lowest BCUT2D eigenvalue weighted by atomic mass is 10.1. The van der Waals surface area contributed by atoms with Crippen LogP contribution in [0.1, 0.15) is 32.9 Å². The van der Waals surface area contributed by atoms with E-state index >= 15 is 0 Å². The standard InChI is InChI=1S/C27H25N3O5S/c1-16-9-11-20(12-10-16)28-24(31)15-29-25(32)23(36-27(29)34)14-19-13-17(2)30(18(19)3)22-8-6-5-7-21(22)26(33)35-4/h5-14H,15H2,1-4H3,(H,28,31). The van der Waals surface area contributed by atoms with Crippen molar-refractivity contribution < 1.29 is 23.9 Å². The first kappa shape index (κ1) is 25.0. The Balaban J connectivity index is 1.57. The number of hydrogen-bond donors (Lipinski definition) is 1. The molecule has 0 aliphatic carbocycles. The lowest BCUT2D eigenvalue weighted by Crippen LogP contribution is -2.36. The number of hydrogen-bond acceptors (Lipinski definition) is 6. The number of methoxy groups -OCH3 is 1. The molecule has 0 spiro atoms. The predicted octanol–water partition coefficient (Wildman–Crippen LogP) is 4.86. The van der Waals surface area contributed by atoms with E-state index in [1.54, 1.807) is 30.3 Å². The van der Waals surface area contributed by atoms with Gasteiger partial charge in [0, 0.05) is 17.1 Å². The summed E-state index contributed by atoms with van der Waals surface area (Å²) in [5.74, 6) is -1.44. The first-order chi connectivity index (χ1) is 17.2. The number of aryl methyl sites for hydroxylation is 2. The fraction of sp³-hybridized carbons (Fsp3) is 0.185. The largest absolute Gasteiger partial charge is 0.465 e. The summed E-state index contributed by atoms with van der Waals surface area (Å²) >= 11 is 0.793. The Labute approximate surface area is 212 Å². The SMILES string of the molecule is COC(=O)c1ccccc1-n1c(C)cc(C=C2SC(=O)N(CC(=O)Nc3ccc(C)cc3)C2=O)c1C. The molecule has 1 saturated heterocycles. The number of ether oxygens (including phenoxy) is 1. The molecule has 184 valence electrons. The molecule has 1 aliphatic heterocycles. The van der Waals surface area contributed by atoms with E-state index in [1.165, 1.54) is 7.11 Å². The van der Waals surface area contributed by atoms with Crippen LogP contribution < -0.4 is 5.32 Å². The van der Waals surface area contributed by atoms with Crippen molar-refractivity contribution in [3.8, 4) is 5.69 Å². The number of nitrogens with one attached hydrogen (secondary N) is 1. The Morgan fingerprint density at radius 3 is 2.42 bits per heavy atom. The average molecular weight is 504 g/mol. The van der Waals surface area contributed by atoms with Gasteiger partial charge in [-0.1, -0.05) is 29.8 Å². The van der Waals surface area contributed by atoms with Crippen LogP contribution in [-0.4, -0.2) is 46.1 Å². The molecule has 3 aromatic rings. The van der Waals surface area contributed by atoms with Gasteiger partial charge >= 0.3 is 5.97 Å². The molecule has 4 rings (SSSR count). The number of carbonyl (C=O) groups excluding carboxylic acids is 4. The van der Waals surface area contributed by atoms with Crippen molar-refractivity contribution in [3.05, 3.63) is 87.6 Å². The van der Waals surface area contributed by atoms with E-state index in [-0.39, 0.29) is 11.4 Å². The van der Waals surface area contributed by atoms with Gasteiger partial charge in [-0.05, 0) is 74.5 Å². The topological polar surface area (TPSA) is 97.7 Å². The van der Waals surface area contributed by atoms with Crippen LogP contribution in [0.5, 0.6) is 0 Å². The zero-order chi connectivity index (χ0) is 26.0. The lowest BCUT2D eigenvalue weighted by molar-refractivity contribution is -0.127. The number of esters is 1. The number of benzene rings is 2. The number of thioether (sulfide) groups is 1. The summed E-state index contributed by atoms with van der Waals surface area (Å²) in [4.78, 5) is 51.4. The number of para-hydroxylation sites is 1. The summed E-state index contributed by atoms with van der Waals surface area (Å²) < 4.78 is 6.82. The van der Waals surface area contributed by atoms with Crippen molar-refractivity contribution in [2.24, 2.45) is 0 Å². The minimum absolute atomic E-state index is 0.227. The zero-order valence-corrected chi connectivity index (χ0v) is 21.1. The van der Waals surface area contributed by atoms with E-state index in [0.717, 1.165) is 39.2 Å². The lowest BCUT2D eigenvalue weighted by Gasteiger charge is -2.13. The van der Waals surface area contributed by atoms with Gasteiger partial charge in [-0.2, -0.15) is 0 Å². The molecular weight excluding hydrogens is 478 g/mol. The van der Waals surface area contributed by atoms with Crippen molar-refractivity contribution in [2.75, 3.05) is 19.0 Å². The predicted molar refractivity (Wildman–Crippen MR) is 139 cm³/mol. The molecule has 3 amide bonds. The third-order valence-corrected chi connectivity index (χ3v) is 6.73. The molecule has 0 saturated carbocycles. The van der Waals surface area contributed by atoms with E-state index in [9.17, 15) is 19.2 Å². The van der Waals surface area contributed by atoms with E-state index < -0.39 is 23.0 Å². The molecule has 0 bridgehead atoms. The number of aromatic nitrogens is 1. The van der Waals surface area contributed by atoms with Gasteiger partial charge < -0.3 is 14.6 Å². The van der Waals surface area contributed by atoms with E-state index in [0.29, 0.717) is 16.9 Å². The molecule has 1 aliphatic rings. The number of carbonyl (C=O) groups is 4.